The van der Waals surface area contributed by atoms with Crippen LogP contribution >= 0.6 is 0 Å². The second-order valence-corrected chi connectivity index (χ2v) is 6.60. The monoisotopic (exact) mass is 365 g/mol. The van der Waals surface area contributed by atoms with Crippen molar-refractivity contribution in [3.8, 4) is 11.5 Å². The average Bonchev–Trinajstić information content (AvgIpc) is 3.03. The number of benzene rings is 2. The molecule has 27 heavy (non-hydrogen) atoms. The fraction of sp³-hybridized carbons (Fsp3) is 0.286. The molecule has 2 aliphatic rings. The number of methoxy groups -OCH3 is 2. The summed E-state index contributed by atoms with van der Waals surface area (Å²) in [5.74, 6) is 1.57. The van der Waals surface area contributed by atoms with Crippen molar-refractivity contribution in [3.63, 3.8) is 0 Å². The van der Waals surface area contributed by atoms with E-state index in [1.54, 1.807) is 14.2 Å². The van der Waals surface area contributed by atoms with Crippen molar-refractivity contribution in [2.24, 2.45) is 0 Å². The van der Waals surface area contributed by atoms with Gasteiger partial charge in [0.2, 0.25) is 0 Å². The molecule has 6 nitrogen and oxygen atoms in total. The lowest BCUT2D eigenvalue weighted by Crippen LogP contribution is -2.44. The molecule has 2 heterocycles. The Morgan fingerprint density at radius 3 is 2.52 bits per heavy atom. The predicted molar refractivity (Wildman–Crippen MR) is 106 cm³/mol. The summed E-state index contributed by atoms with van der Waals surface area (Å²) in [5.41, 5.74) is 3.53. The van der Waals surface area contributed by atoms with E-state index in [2.05, 4.69) is 21.2 Å². The molecule has 0 unspecified atom stereocenters. The van der Waals surface area contributed by atoms with Crippen molar-refractivity contribution < 1.29 is 14.3 Å². The van der Waals surface area contributed by atoms with Crippen molar-refractivity contribution in [2.75, 3.05) is 50.6 Å². The molecule has 2 aliphatic heterocycles. The lowest BCUT2D eigenvalue weighted by atomic mass is 10.1. The normalized spacial score (nSPS) is 17.7. The minimum Gasteiger partial charge on any atom is -0.497 e. The molecule has 0 aliphatic carbocycles. The summed E-state index contributed by atoms with van der Waals surface area (Å²) < 4.78 is 10.8. The van der Waals surface area contributed by atoms with Gasteiger partial charge in [-0.1, -0.05) is 12.1 Å². The fourth-order valence-electron chi connectivity index (χ4n) is 3.59. The molecular formula is C21H23N3O3. The van der Waals surface area contributed by atoms with Crippen LogP contribution in [0.1, 0.15) is 5.56 Å². The molecule has 0 atom stereocenters. The van der Waals surface area contributed by atoms with Gasteiger partial charge in [0.1, 0.15) is 11.5 Å². The Balaban J connectivity index is 1.50. The zero-order valence-electron chi connectivity index (χ0n) is 15.6. The van der Waals surface area contributed by atoms with Gasteiger partial charge in [-0.25, -0.2) is 0 Å². The first-order valence-electron chi connectivity index (χ1n) is 9.03. The summed E-state index contributed by atoms with van der Waals surface area (Å²) in [6.45, 7) is 3.43. The van der Waals surface area contributed by atoms with Crippen molar-refractivity contribution >= 4 is 22.9 Å². The van der Waals surface area contributed by atoms with Gasteiger partial charge in [0.25, 0.3) is 5.91 Å². The average molecular weight is 365 g/mol. The van der Waals surface area contributed by atoms with Crippen LogP contribution in [-0.2, 0) is 4.79 Å². The van der Waals surface area contributed by atoms with Crippen LogP contribution in [0.5, 0.6) is 11.5 Å². The van der Waals surface area contributed by atoms with E-state index >= 15 is 0 Å². The van der Waals surface area contributed by atoms with Crippen molar-refractivity contribution in [1.82, 2.24) is 4.90 Å². The number of anilines is 2. The second kappa shape index (κ2) is 7.23. The SMILES string of the molecule is COc1ccc2c(c1)/C(=C\N1CCN(c3ccccc3OC)CC1)C(=O)N2. The first-order valence-corrected chi connectivity index (χ1v) is 9.03. The van der Waals surface area contributed by atoms with Gasteiger partial charge in [0.15, 0.2) is 0 Å². The third-order valence-corrected chi connectivity index (χ3v) is 5.06. The highest BCUT2D eigenvalue weighted by atomic mass is 16.5. The number of carbonyl (C=O) groups excluding carboxylic acids is 1. The van der Waals surface area contributed by atoms with E-state index in [9.17, 15) is 4.79 Å². The molecule has 2 aromatic carbocycles. The maximum absolute atomic E-state index is 12.4. The second-order valence-electron chi connectivity index (χ2n) is 6.60. The molecule has 2 aromatic rings. The Bertz CT molecular complexity index is 886. The van der Waals surface area contributed by atoms with Crippen molar-refractivity contribution in [1.29, 1.82) is 0 Å². The van der Waals surface area contributed by atoms with E-state index in [4.69, 9.17) is 9.47 Å². The Morgan fingerprint density at radius 2 is 1.78 bits per heavy atom. The third kappa shape index (κ3) is 3.30. The van der Waals surface area contributed by atoms with Crippen LogP contribution in [-0.4, -0.2) is 51.2 Å². The van der Waals surface area contributed by atoms with E-state index in [1.165, 1.54) is 0 Å². The first-order chi connectivity index (χ1) is 13.2. The van der Waals surface area contributed by atoms with E-state index in [-0.39, 0.29) is 5.91 Å². The van der Waals surface area contributed by atoms with Crippen LogP contribution in [0, 0.1) is 0 Å². The van der Waals surface area contributed by atoms with Crippen LogP contribution in [0.25, 0.3) is 5.57 Å². The number of carbonyl (C=O) groups is 1. The van der Waals surface area contributed by atoms with Crippen LogP contribution in [0.3, 0.4) is 0 Å². The molecule has 1 saturated heterocycles. The number of fused-ring (bicyclic) bond motifs is 1. The predicted octanol–water partition coefficient (Wildman–Crippen LogP) is 2.82. The first kappa shape index (κ1) is 17.3. The third-order valence-electron chi connectivity index (χ3n) is 5.06. The maximum atomic E-state index is 12.4. The summed E-state index contributed by atoms with van der Waals surface area (Å²) in [6, 6.07) is 13.7. The zero-order valence-corrected chi connectivity index (χ0v) is 15.6. The maximum Gasteiger partial charge on any atom is 0.257 e. The largest absolute Gasteiger partial charge is 0.497 e. The van der Waals surface area contributed by atoms with Gasteiger partial charge in [-0.05, 0) is 30.3 Å². The molecule has 0 saturated carbocycles. The smallest absolute Gasteiger partial charge is 0.257 e. The van der Waals surface area contributed by atoms with Crippen molar-refractivity contribution in [2.45, 2.75) is 0 Å². The molecule has 0 bridgehead atoms. The molecule has 0 spiro atoms. The van der Waals surface area contributed by atoms with E-state index < -0.39 is 0 Å². The number of piperazine rings is 1. The molecule has 4 rings (SSSR count). The molecule has 1 amide bonds. The fourth-order valence-corrected chi connectivity index (χ4v) is 3.59. The van der Waals surface area contributed by atoms with Crippen LogP contribution in [0.4, 0.5) is 11.4 Å². The summed E-state index contributed by atoms with van der Waals surface area (Å²) in [5, 5.41) is 2.92. The van der Waals surface area contributed by atoms with Gasteiger partial charge in [0.05, 0.1) is 25.5 Å². The molecular weight excluding hydrogens is 342 g/mol. The van der Waals surface area contributed by atoms with E-state index in [1.807, 2.05) is 42.6 Å². The van der Waals surface area contributed by atoms with Crippen LogP contribution in [0.15, 0.2) is 48.7 Å². The highest BCUT2D eigenvalue weighted by molar-refractivity contribution is 6.31. The summed E-state index contributed by atoms with van der Waals surface area (Å²) >= 11 is 0. The summed E-state index contributed by atoms with van der Waals surface area (Å²) in [6.07, 6.45) is 1.97. The van der Waals surface area contributed by atoms with Crippen LogP contribution in [0.2, 0.25) is 0 Å². The highest BCUT2D eigenvalue weighted by Crippen LogP contribution is 2.35. The Morgan fingerprint density at radius 1 is 1.00 bits per heavy atom. The van der Waals surface area contributed by atoms with E-state index in [0.717, 1.165) is 54.6 Å². The van der Waals surface area contributed by atoms with Gasteiger partial charge < -0.3 is 24.6 Å². The number of amides is 1. The van der Waals surface area contributed by atoms with Crippen LogP contribution < -0.4 is 19.7 Å². The molecule has 0 radical (unpaired) electrons. The zero-order chi connectivity index (χ0) is 18.8. The summed E-state index contributed by atoms with van der Waals surface area (Å²) in [7, 11) is 3.33. The Kier molecular flexibility index (Phi) is 4.62. The number of nitrogens with one attached hydrogen (secondary N) is 1. The Labute approximate surface area is 159 Å². The van der Waals surface area contributed by atoms with Gasteiger partial charge in [-0.2, -0.15) is 0 Å². The molecule has 1 fully saturated rings. The minimum absolute atomic E-state index is 0.0644. The Hall–Kier alpha value is -3.15. The standard InChI is InChI=1S/C21H23N3O3/c1-26-15-7-8-18-16(13-15)17(21(25)22-18)14-23-9-11-24(12-10-23)19-5-3-4-6-20(19)27-2/h3-8,13-14H,9-12H2,1-2H3,(H,22,25)/b17-14+. The number of para-hydroxylation sites is 2. The lowest BCUT2D eigenvalue weighted by molar-refractivity contribution is -0.110. The number of nitrogens with zero attached hydrogens (tertiary/aromatic N) is 2. The topological polar surface area (TPSA) is 54.0 Å². The van der Waals surface area contributed by atoms with Gasteiger partial charge >= 0.3 is 0 Å². The summed E-state index contributed by atoms with van der Waals surface area (Å²) in [4.78, 5) is 16.9. The van der Waals surface area contributed by atoms with Gasteiger partial charge in [0, 0.05) is 43.6 Å². The molecule has 1 N–H and O–H groups in total. The highest BCUT2D eigenvalue weighted by Gasteiger charge is 2.26. The number of rotatable bonds is 4. The number of hydrogen-bond acceptors (Lipinski definition) is 5. The number of hydrogen-bond donors (Lipinski definition) is 1. The molecule has 140 valence electrons. The van der Waals surface area contributed by atoms with Gasteiger partial charge in [-0.15, -0.1) is 0 Å². The lowest BCUT2D eigenvalue weighted by Gasteiger charge is -2.36. The molecule has 0 aromatic heterocycles. The van der Waals surface area contributed by atoms with E-state index in [0.29, 0.717) is 5.57 Å². The quantitative estimate of drug-likeness (QED) is 0.845. The van der Waals surface area contributed by atoms with Gasteiger partial charge in [-0.3, -0.25) is 4.79 Å². The molecule has 6 heteroatoms. The number of ether oxygens (including phenoxy) is 2. The minimum atomic E-state index is -0.0644. The van der Waals surface area contributed by atoms with Crippen molar-refractivity contribution in [3.05, 3.63) is 54.2 Å².